The molecular formula is C21H35NO. The molecule has 1 N–H and O–H groups in total. The van der Waals surface area contributed by atoms with Crippen molar-refractivity contribution in [2.75, 3.05) is 0 Å². The lowest BCUT2D eigenvalue weighted by Gasteiger charge is -2.60. The third-order valence-electron chi connectivity index (χ3n) is 9.33. The van der Waals surface area contributed by atoms with Crippen LogP contribution >= 0.6 is 0 Å². The van der Waals surface area contributed by atoms with Gasteiger partial charge in [0.1, 0.15) is 0 Å². The van der Waals surface area contributed by atoms with Gasteiger partial charge in [-0.2, -0.15) is 0 Å². The average Bonchev–Trinajstić information content (AvgIpc) is 2.90. The molecule has 4 aliphatic carbocycles. The van der Waals surface area contributed by atoms with Crippen LogP contribution in [0.25, 0.3) is 0 Å². The van der Waals surface area contributed by atoms with Gasteiger partial charge in [0, 0.05) is 0 Å². The Morgan fingerprint density at radius 1 is 1.00 bits per heavy atom. The summed E-state index contributed by atoms with van der Waals surface area (Å²) in [5.74, 6) is 4.68. The third kappa shape index (κ3) is 2.15. The van der Waals surface area contributed by atoms with E-state index >= 15 is 0 Å². The minimum absolute atomic E-state index is 0.517. The first-order valence-electron chi connectivity index (χ1n) is 10.2. The van der Waals surface area contributed by atoms with Gasteiger partial charge in [0.2, 0.25) is 0 Å². The van der Waals surface area contributed by atoms with Crippen LogP contribution < -0.4 is 0 Å². The van der Waals surface area contributed by atoms with Gasteiger partial charge < -0.3 is 5.21 Å². The fourth-order valence-corrected chi connectivity index (χ4v) is 7.93. The van der Waals surface area contributed by atoms with Crippen LogP contribution in [-0.2, 0) is 0 Å². The lowest BCUT2D eigenvalue weighted by atomic mass is 9.44. The summed E-state index contributed by atoms with van der Waals surface area (Å²) in [6.07, 6.45) is 13.5. The Balaban J connectivity index is 1.60. The summed E-state index contributed by atoms with van der Waals surface area (Å²) in [7, 11) is 0. The maximum atomic E-state index is 9.20. The number of hydrogen-bond donors (Lipinski definition) is 1. The molecule has 2 nitrogen and oxygen atoms in total. The topological polar surface area (TPSA) is 32.6 Å². The van der Waals surface area contributed by atoms with E-state index in [1.165, 1.54) is 51.4 Å². The molecule has 4 rings (SSSR count). The summed E-state index contributed by atoms with van der Waals surface area (Å²) in [6, 6.07) is 0. The van der Waals surface area contributed by atoms with Crippen LogP contribution in [0.5, 0.6) is 0 Å². The molecule has 0 heterocycles. The molecule has 0 aromatic rings. The second-order valence-electron chi connectivity index (χ2n) is 9.75. The first-order valence-corrected chi connectivity index (χ1v) is 10.2. The zero-order valence-electron chi connectivity index (χ0n) is 15.4. The minimum Gasteiger partial charge on any atom is -0.411 e. The van der Waals surface area contributed by atoms with Gasteiger partial charge in [-0.1, -0.05) is 32.3 Å². The highest BCUT2D eigenvalue weighted by molar-refractivity contribution is 5.85. The SMILES string of the molecule is CC[C@H]1CC[C@H]2[C@@H]3CCC4C/C(=N/O)CC[C@]4(C)[C@H]3CC[C@]12C. The van der Waals surface area contributed by atoms with Crippen LogP contribution in [0.3, 0.4) is 0 Å². The summed E-state index contributed by atoms with van der Waals surface area (Å²) in [4.78, 5) is 0. The predicted molar refractivity (Wildman–Crippen MR) is 94.7 cm³/mol. The summed E-state index contributed by atoms with van der Waals surface area (Å²) < 4.78 is 0. The molecule has 0 radical (unpaired) electrons. The predicted octanol–water partition coefficient (Wildman–Crippen LogP) is 5.89. The van der Waals surface area contributed by atoms with Gasteiger partial charge in [-0.15, -0.1) is 0 Å². The van der Waals surface area contributed by atoms with Crippen molar-refractivity contribution in [1.82, 2.24) is 0 Å². The van der Waals surface area contributed by atoms with Gasteiger partial charge >= 0.3 is 0 Å². The monoisotopic (exact) mass is 317 g/mol. The standard InChI is InChI=1S/C21H35NO/c1-4-14-6-8-18-17-7-5-15-13-16(22-23)9-11-21(15,3)19(17)10-12-20(14,18)2/h14-15,17-19,23H,4-13H2,1-3H3/b22-16+/t14-,15?,17-,18-,19-,20+,21-/m0/s1. The molecule has 4 aliphatic rings. The van der Waals surface area contributed by atoms with Crippen LogP contribution in [0, 0.1) is 40.4 Å². The van der Waals surface area contributed by atoms with Crippen molar-refractivity contribution in [3.8, 4) is 0 Å². The summed E-state index contributed by atoms with van der Waals surface area (Å²) >= 11 is 0. The highest BCUT2D eigenvalue weighted by Gasteiger charge is 2.59. The molecule has 7 atom stereocenters. The molecule has 23 heavy (non-hydrogen) atoms. The van der Waals surface area contributed by atoms with Gasteiger partial charge in [-0.25, -0.2) is 0 Å². The van der Waals surface area contributed by atoms with E-state index < -0.39 is 0 Å². The highest BCUT2D eigenvalue weighted by Crippen LogP contribution is 2.67. The van der Waals surface area contributed by atoms with Crippen LogP contribution in [-0.4, -0.2) is 10.9 Å². The maximum Gasteiger partial charge on any atom is 0.0574 e. The molecule has 0 bridgehead atoms. The molecular weight excluding hydrogens is 282 g/mol. The quantitative estimate of drug-likeness (QED) is 0.475. The average molecular weight is 318 g/mol. The molecule has 0 amide bonds. The van der Waals surface area contributed by atoms with Crippen molar-refractivity contribution in [1.29, 1.82) is 0 Å². The normalized spacial score (nSPS) is 54.4. The number of nitrogens with zero attached hydrogens (tertiary/aromatic N) is 1. The van der Waals surface area contributed by atoms with E-state index in [0.717, 1.165) is 48.1 Å². The largest absolute Gasteiger partial charge is 0.411 e. The van der Waals surface area contributed by atoms with Gasteiger partial charge in [-0.05, 0) is 98.2 Å². The zero-order chi connectivity index (χ0) is 16.2. The Bertz CT molecular complexity index is 500. The molecule has 0 aromatic heterocycles. The number of fused-ring (bicyclic) bond motifs is 5. The number of hydrogen-bond acceptors (Lipinski definition) is 2. The van der Waals surface area contributed by atoms with E-state index in [9.17, 15) is 5.21 Å². The summed E-state index contributed by atoms with van der Waals surface area (Å²) in [6.45, 7) is 7.65. The Hall–Kier alpha value is -0.530. The van der Waals surface area contributed by atoms with Crippen LogP contribution in [0.15, 0.2) is 5.16 Å². The molecule has 1 unspecified atom stereocenters. The van der Waals surface area contributed by atoms with E-state index in [0.29, 0.717) is 10.8 Å². The van der Waals surface area contributed by atoms with Gasteiger partial charge in [0.15, 0.2) is 0 Å². The second-order valence-corrected chi connectivity index (χ2v) is 9.75. The van der Waals surface area contributed by atoms with Crippen molar-refractivity contribution in [3.63, 3.8) is 0 Å². The molecule has 0 aromatic carbocycles. The molecule has 0 spiro atoms. The first-order chi connectivity index (χ1) is 11.0. The fraction of sp³-hybridized carbons (Fsp3) is 0.952. The molecule has 0 saturated heterocycles. The van der Waals surface area contributed by atoms with E-state index in [1.807, 2.05) is 0 Å². The molecule has 0 aliphatic heterocycles. The third-order valence-corrected chi connectivity index (χ3v) is 9.33. The lowest BCUT2D eigenvalue weighted by Crippen LogP contribution is -2.53. The van der Waals surface area contributed by atoms with E-state index in [1.54, 1.807) is 0 Å². The van der Waals surface area contributed by atoms with Crippen LogP contribution in [0.2, 0.25) is 0 Å². The Kier molecular flexibility index (Phi) is 3.81. The first kappa shape index (κ1) is 16.0. The maximum absolute atomic E-state index is 9.20. The Labute approximate surface area is 142 Å². The molecule has 2 heteroatoms. The molecule has 130 valence electrons. The van der Waals surface area contributed by atoms with E-state index in [2.05, 4.69) is 25.9 Å². The van der Waals surface area contributed by atoms with Crippen molar-refractivity contribution in [3.05, 3.63) is 0 Å². The zero-order valence-corrected chi connectivity index (χ0v) is 15.4. The highest BCUT2D eigenvalue weighted by atomic mass is 16.4. The second kappa shape index (κ2) is 5.49. The van der Waals surface area contributed by atoms with E-state index in [4.69, 9.17) is 0 Å². The molecule has 4 fully saturated rings. The van der Waals surface area contributed by atoms with Gasteiger partial charge in [-0.3, -0.25) is 0 Å². The fourth-order valence-electron chi connectivity index (χ4n) is 7.93. The minimum atomic E-state index is 0.517. The summed E-state index contributed by atoms with van der Waals surface area (Å²) in [5, 5.41) is 12.8. The van der Waals surface area contributed by atoms with Crippen molar-refractivity contribution in [2.24, 2.45) is 45.6 Å². The van der Waals surface area contributed by atoms with Crippen molar-refractivity contribution in [2.45, 2.75) is 85.0 Å². The van der Waals surface area contributed by atoms with Crippen LogP contribution in [0.1, 0.15) is 85.0 Å². The Morgan fingerprint density at radius 3 is 2.52 bits per heavy atom. The Morgan fingerprint density at radius 2 is 1.78 bits per heavy atom. The lowest BCUT2D eigenvalue weighted by molar-refractivity contribution is -0.101. The van der Waals surface area contributed by atoms with E-state index in [-0.39, 0.29) is 0 Å². The van der Waals surface area contributed by atoms with Crippen molar-refractivity contribution >= 4 is 5.71 Å². The van der Waals surface area contributed by atoms with Gasteiger partial charge in [0.05, 0.1) is 5.71 Å². The number of oxime groups is 1. The van der Waals surface area contributed by atoms with Crippen LogP contribution in [0.4, 0.5) is 0 Å². The summed E-state index contributed by atoms with van der Waals surface area (Å²) in [5.41, 5.74) is 2.23. The van der Waals surface area contributed by atoms with Gasteiger partial charge in [0.25, 0.3) is 0 Å². The smallest absolute Gasteiger partial charge is 0.0574 e. The molecule has 4 saturated carbocycles. The number of rotatable bonds is 1. The van der Waals surface area contributed by atoms with Crippen molar-refractivity contribution < 1.29 is 5.21 Å².